The Balaban J connectivity index is 1.40. The third-order valence-electron chi connectivity index (χ3n) is 4.94. The van der Waals surface area contributed by atoms with E-state index in [9.17, 15) is 4.79 Å². The molecule has 0 spiro atoms. The molecule has 2 aromatic carbocycles. The summed E-state index contributed by atoms with van der Waals surface area (Å²) >= 11 is 6.30. The standard InChI is InChI=1S/C22H23ClN4O2/c23-21-20(15-25-27(22(21)28)19-4-2-1-3-5-19)24-14-17-6-8-18(9-7-17)16-26-10-12-29-13-11-26/h1-9,15,24H,10-14,16H2. The van der Waals surface area contributed by atoms with E-state index in [-0.39, 0.29) is 10.6 Å². The van der Waals surface area contributed by atoms with Crippen LogP contribution < -0.4 is 10.9 Å². The summed E-state index contributed by atoms with van der Waals surface area (Å²) in [5.74, 6) is 0. The quantitative estimate of drug-likeness (QED) is 0.675. The van der Waals surface area contributed by atoms with Crippen molar-refractivity contribution in [3.8, 4) is 5.69 Å². The van der Waals surface area contributed by atoms with Gasteiger partial charge in [-0.3, -0.25) is 9.69 Å². The molecule has 1 aromatic heterocycles. The molecule has 6 nitrogen and oxygen atoms in total. The van der Waals surface area contributed by atoms with Gasteiger partial charge in [0.25, 0.3) is 5.56 Å². The maximum atomic E-state index is 12.6. The molecule has 7 heteroatoms. The van der Waals surface area contributed by atoms with Gasteiger partial charge < -0.3 is 10.1 Å². The van der Waals surface area contributed by atoms with Crippen molar-refractivity contribution in [2.75, 3.05) is 31.6 Å². The van der Waals surface area contributed by atoms with Crippen molar-refractivity contribution in [2.45, 2.75) is 13.1 Å². The van der Waals surface area contributed by atoms with Crippen LogP contribution in [0.1, 0.15) is 11.1 Å². The number of benzene rings is 2. The first-order valence-electron chi connectivity index (χ1n) is 9.66. The van der Waals surface area contributed by atoms with Crippen LogP contribution in [0.5, 0.6) is 0 Å². The number of nitrogens with zero attached hydrogens (tertiary/aromatic N) is 3. The fourth-order valence-electron chi connectivity index (χ4n) is 3.29. The molecule has 1 N–H and O–H groups in total. The molecule has 1 aliphatic heterocycles. The molecule has 2 heterocycles. The summed E-state index contributed by atoms with van der Waals surface area (Å²) in [5, 5.41) is 7.59. The van der Waals surface area contributed by atoms with E-state index in [1.807, 2.05) is 30.3 Å². The van der Waals surface area contributed by atoms with Gasteiger partial charge in [-0.05, 0) is 23.3 Å². The lowest BCUT2D eigenvalue weighted by atomic mass is 10.1. The van der Waals surface area contributed by atoms with Crippen LogP contribution in [0.4, 0.5) is 5.69 Å². The average molecular weight is 411 g/mol. The zero-order chi connectivity index (χ0) is 20.1. The molecule has 0 atom stereocenters. The van der Waals surface area contributed by atoms with E-state index in [0.29, 0.717) is 17.9 Å². The van der Waals surface area contributed by atoms with E-state index in [1.165, 1.54) is 10.2 Å². The Hall–Kier alpha value is -2.67. The normalized spacial score (nSPS) is 14.7. The molecule has 1 aliphatic rings. The van der Waals surface area contributed by atoms with Gasteiger partial charge in [0.1, 0.15) is 5.02 Å². The Morgan fingerprint density at radius 2 is 1.69 bits per heavy atom. The molecule has 0 radical (unpaired) electrons. The second-order valence-corrected chi connectivity index (χ2v) is 7.36. The van der Waals surface area contributed by atoms with Crippen LogP contribution in [-0.4, -0.2) is 41.0 Å². The Bertz CT molecular complexity index is 1000. The number of rotatable bonds is 6. The minimum Gasteiger partial charge on any atom is -0.379 e. The Morgan fingerprint density at radius 3 is 2.41 bits per heavy atom. The van der Waals surface area contributed by atoms with Crippen molar-refractivity contribution in [3.63, 3.8) is 0 Å². The second kappa shape index (κ2) is 9.22. The minimum atomic E-state index is -0.344. The van der Waals surface area contributed by atoms with Crippen LogP contribution in [0.15, 0.2) is 65.6 Å². The van der Waals surface area contributed by atoms with E-state index in [2.05, 4.69) is 39.6 Å². The van der Waals surface area contributed by atoms with Gasteiger partial charge in [0.2, 0.25) is 0 Å². The number of aromatic nitrogens is 2. The van der Waals surface area contributed by atoms with Gasteiger partial charge >= 0.3 is 0 Å². The molecule has 0 unspecified atom stereocenters. The number of para-hydroxylation sites is 1. The van der Waals surface area contributed by atoms with Crippen LogP contribution in [-0.2, 0) is 17.8 Å². The predicted molar refractivity (Wildman–Crippen MR) is 115 cm³/mol. The maximum absolute atomic E-state index is 12.6. The van der Waals surface area contributed by atoms with E-state index in [0.717, 1.165) is 38.4 Å². The van der Waals surface area contributed by atoms with Crippen LogP contribution in [0, 0.1) is 0 Å². The molecule has 29 heavy (non-hydrogen) atoms. The van der Waals surface area contributed by atoms with Crippen molar-refractivity contribution in [1.82, 2.24) is 14.7 Å². The summed E-state index contributed by atoms with van der Waals surface area (Å²) in [4.78, 5) is 14.9. The lowest BCUT2D eigenvalue weighted by Crippen LogP contribution is -2.35. The number of nitrogens with one attached hydrogen (secondary N) is 1. The fourth-order valence-corrected chi connectivity index (χ4v) is 3.48. The molecular formula is C22H23ClN4O2. The topological polar surface area (TPSA) is 59.4 Å². The summed E-state index contributed by atoms with van der Waals surface area (Å²) in [5.41, 5.74) is 3.26. The highest BCUT2D eigenvalue weighted by atomic mass is 35.5. The summed E-state index contributed by atoms with van der Waals surface area (Å²) in [6.45, 7) is 5.06. The first-order valence-corrected chi connectivity index (χ1v) is 10.0. The van der Waals surface area contributed by atoms with E-state index in [4.69, 9.17) is 16.3 Å². The van der Waals surface area contributed by atoms with E-state index < -0.39 is 0 Å². The van der Waals surface area contributed by atoms with E-state index in [1.54, 1.807) is 6.20 Å². The van der Waals surface area contributed by atoms with Gasteiger partial charge in [-0.25, -0.2) is 0 Å². The molecule has 4 rings (SSSR count). The number of morpholine rings is 1. The van der Waals surface area contributed by atoms with Gasteiger partial charge in [-0.1, -0.05) is 54.1 Å². The molecule has 0 amide bonds. The lowest BCUT2D eigenvalue weighted by Gasteiger charge is -2.26. The average Bonchev–Trinajstić information content (AvgIpc) is 2.77. The van der Waals surface area contributed by atoms with Crippen LogP contribution in [0.25, 0.3) is 5.69 Å². The zero-order valence-electron chi connectivity index (χ0n) is 16.1. The molecule has 0 bridgehead atoms. The maximum Gasteiger partial charge on any atom is 0.292 e. The summed E-state index contributed by atoms with van der Waals surface area (Å²) in [6.07, 6.45) is 1.59. The third-order valence-corrected chi connectivity index (χ3v) is 5.30. The van der Waals surface area contributed by atoms with Gasteiger partial charge in [0.15, 0.2) is 0 Å². The molecule has 3 aromatic rings. The monoisotopic (exact) mass is 410 g/mol. The Kier molecular flexibility index (Phi) is 6.24. The first kappa shape index (κ1) is 19.6. The number of anilines is 1. The SMILES string of the molecule is O=c1c(Cl)c(NCc2ccc(CN3CCOCC3)cc2)cnn1-c1ccccc1. The highest BCUT2D eigenvalue weighted by Crippen LogP contribution is 2.18. The molecule has 0 saturated carbocycles. The number of ether oxygens (including phenoxy) is 1. The molecule has 150 valence electrons. The number of halogens is 1. The lowest BCUT2D eigenvalue weighted by molar-refractivity contribution is 0.0342. The number of hydrogen-bond acceptors (Lipinski definition) is 5. The Morgan fingerprint density at radius 1 is 1.00 bits per heavy atom. The van der Waals surface area contributed by atoms with Crippen molar-refractivity contribution in [2.24, 2.45) is 0 Å². The molecule has 1 saturated heterocycles. The molecule has 0 aliphatic carbocycles. The smallest absolute Gasteiger partial charge is 0.292 e. The van der Waals surface area contributed by atoms with Gasteiger partial charge in [-0.2, -0.15) is 9.78 Å². The van der Waals surface area contributed by atoms with Crippen LogP contribution in [0.2, 0.25) is 5.02 Å². The van der Waals surface area contributed by atoms with Gasteiger partial charge in [0, 0.05) is 26.2 Å². The predicted octanol–water partition coefficient (Wildman–Crippen LogP) is 3.33. The molecular weight excluding hydrogens is 388 g/mol. The fraction of sp³-hybridized carbons (Fsp3) is 0.273. The highest BCUT2D eigenvalue weighted by Gasteiger charge is 2.12. The summed E-state index contributed by atoms with van der Waals surface area (Å²) in [7, 11) is 0. The summed E-state index contributed by atoms with van der Waals surface area (Å²) < 4.78 is 6.69. The van der Waals surface area contributed by atoms with Crippen molar-refractivity contribution >= 4 is 17.3 Å². The first-order chi connectivity index (χ1) is 14.2. The van der Waals surface area contributed by atoms with E-state index >= 15 is 0 Å². The summed E-state index contributed by atoms with van der Waals surface area (Å²) in [6, 6.07) is 17.7. The van der Waals surface area contributed by atoms with Crippen molar-refractivity contribution in [3.05, 3.63) is 87.3 Å². The zero-order valence-corrected chi connectivity index (χ0v) is 16.8. The van der Waals surface area contributed by atoms with Gasteiger partial charge in [0.05, 0.1) is 30.8 Å². The third kappa shape index (κ3) is 4.85. The molecule has 1 fully saturated rings. The van der Waals surface area contributed by atoms with Gasteiger partial charge in [-0.15, -0.1) is 0 Å². The van der Waals surface area contributed by atoms with Crippen molar-refractivity contribution < 1.29 is 4.74 Å². The van der Waals surface area contributed by atoms with Crippen LogP contribution in [0.3, 0.4) is 0 Å². The Labute approximate surface area is 174 Å². The minimum absolute atomic E-state index is 0.132. The van der Waals surface area contributed by atoms with Crippen LogP contribution >= 0.6 is 11.6 Å². The number of hydrogen-bond donors (Lipinski definition) is 1. The highest BCUT2D eigenvalue weighted by molar-refractivity contribution is 6.32. The second-order valence-electron chi connectivity index (χ2n) is 6.98. The largest absolute Gasteiger partial charge is 0.379 e. The van der Waals surface area contributed by atoms with Crippen molar-refractivity contribution in [1.29, 1.82) is 0 Å².